The van der Waals surface area contributed by atoms with Gasteiger partial charge in [-0.1, -0.05) is 0 Å². The molecule has 20 heavy (non-hydrogen) atoms. The monoisotopic (exact) mass is 298 g/mol. The van der Waals surface area contributed by atoms with Crippen molar-refractivity contribution >= 4 is 27.6 Å². The molecule has 108 valence electrons. The van der Waals surface area contributed by atoms with E-state index in [4.69, 9.17) is 10.2 Å². The second kappa shape index (κ2) is 5.22. The Morgan fingerprint density at radius 3 is 2.60 bits per heavy atom. The van der Waals surface area contributed by atoms with Crippen LogP contribution in [0.3, 0.4) is 0 Å². The molecule has 0 saturated carbocycles. The molecule has 0 saturated heterocycles. The first-order valence-electron chi connectivity index (χ1n) is 5.97. The minimum atomic E-state index is -3.76. The Kier molecular flexibility index (Phi) is 3.78. The molecule has 0 radical (unpaired) electrons. The fraction of sp³-hybridized carbons (Fsp3) is 0.333. The van der Waals surface area contributed by atoms with Gasteiger partial charge in [0.1, 0.15) is 0 Å². The molecule has 0 fully saturated rings. The quantitative estimate of drug-likeness (QED) is 0.816. The van der Waals surface area contributed by atoms with Crippen LogP contribution in [-0.4, -0.2) is 31.9 Å². The molecule has 1 aliphatic heterocycles. The molecule has 0 aliphatic carbocycles. The van der Waals surface area contributed by atoms with Gasteiger partial charge in [-0.3, -0.25) is 9.59 Å². The average molecular weight is 298 g/mol. The number of primary sulfonamides is 1. The predicted molar refractivity (Wildman–Crippen MR) is 70.7 cm³/mol. The molecule has 7 nitrogen and oxygen atoms in total. The van der Waals surface area contributed by atoms with E-state index in [-0.39, 0.29) is 23.6 Å². The summed E-state index contributed by atoms with van der Waals surface area (Å²) in [5.41, 5.74) is 1.34. The van der Waals surface area contributed by atoms with Gasteiger partial charge in [-0.05, 0) is 30.2 Å². The lowest BCUT2D eigenvalue weighted by Gasteiger charge is -2.17. The third-order valence-corrected chi connectivity index (χ3v) is 4.04. The maximum Gasteiger partial charge on any atom is 0.303 e. The van der Waals surface area contributed by atoms with E-state index in [2.05, 4.69) is 0 Å². The summed E-state index contributed by atoms with van der Waals surface area (Å²) in [7, 11) is -3.76. The molecule has 1 aliphatic rings. The highest BCUT2D eigenvalue weighted by Crippen LogP contribution is 2.30. The number of rotatable bonds is 4. The van der Waals surface area contributed by atoms with Crippen molar-refractivity contribution in [2.75, 3.05) is 11.4 Å². The van der Waals surface area contributed by atoms with E-state index in [1.807, 2.05) is 0 Å². The summed E-state index contributed by atoms with van der Waals surface area (Å²) in [5.74, 6) is -1.31. The number of carbonyl (C=O) groups is 2. The summed E-state index contributed by atoms with van der Waals surface area (Å²) >= 11 is 0. The number of nitrogens with two attached hydrogens (primary N) is 1. The molecular weight excluding hydrogens is 284 g/mol. The number of carboxylic acids is 1. The van der Waals surface area contributed by atoms with E-state index < -0.39 is 16.0 Å². The van der Waals surface area contributed by atoms with Crippen molar-refractivity contribution in [3.05, 3.63) is 23.8 Å². The predicted octanol–water partition coefficient (Wildman–Crippen LogP) is 0.0879. The number of aliphatic carboxylic acids is 1. The van der Waals surface area contributed by atoms with Crippen LogP contribution >= 0.6 is 0 Å². The summed E-state index contributed by atoms with van der Waals surface area (Å²) in [5, 5.41) is 13.6. The van der Waals surface area contributed by atoms with Gasteiger partial charge >= 0.3 is 5.97 Å². The van der Waals surface area contributed by atoms with E-state index in [1.165, 1.54) is 23.1 Å². The third kappa shape index (κ3) is 2.97. The van der Waals surface area contributed by atoms with Crippen molar-refractivity contribution in [1.82, 2.24) is 0 Å². The van der Waals surface area contributed by atoms with E-state index >= 15 is 0 Å². The molecule has 1 aromatic carbocycles. The van der Waals surface area contributed by atoms with Gasteiger partial charge in [-0.15, -0.1) is 0 Å². The Morgan fingerprint density at radius 2 is 2.00 bits per heavy atom. The van der Waals surface area contributed by atoms with Crippen LogP contribution in [0.2, 0.25) is 0 Å². The topological polar surface area (TPSA) is 118 Å². The number of hydrogen-bond donors (Lipinski definition) is 2. The molecule has 2 rings (SSSR count). The van der Waals surface area contributed by atoms with Crippen molar-refractivity contribution in [2.24, 2.45) is 5.14 Å². The maximum atomic E-state index is 11.9. The van der Waals surface area contributed by atoms with Gasteiger partial charge in [0.25, 0.3) is 0 Å². The molecule has 1 amide bonds. The standard InChI is InChI=1S/C12H14N2O5S/c13-20(18,19)9-1-2-10-8(7-9)5-6-14(10)11(15)3-4-12(16)17/h1-2,7H,3-6H2,(H,16,17)(H2,13,18,19). The molecule has 3 N–H and O–H groups in total. The van der Waals surface area contributed by atoms with Crippen LogP contribution in [0.4, 0.5) is 5.69 Å². The smallest absolute Gasteiger partial charge is 0.303 e. The first kappa shape index (κ1) is 14.5. The molecule has 0 aromatic heterocycles. The van der Waals surface area contributed by atoms with Gasteiger partial charge < -0.3 is 10.0 Å². The van der Waals surface area contributed by atoms with E-state index in [0.717, 1.165) is 5.56 Å². The lowest BCUT2D eigenvalue weighted by molar-refractivity contribution is -0.138. The Hall–Kier alpha value is -1.93. The van der Waals surface area contributed by atoms with Gasteiger partial charge in [0.05, 0.1) is 11.3 Å². The highest BCUT2D eigenvalue weighted by atomic mass is 32.2. The molecule has 0 bridgehead atoms. The van der Waals surface area contributed by atoms with Crippen LogP contribution < -0.4 is 10.0 Å². The first-order chi connectivity index (χ1) is 9.29. The van der Waals surface area contributed by atoms with Gasteiger partial charge in [-0.2, -0.15) is 0 Å². The molecule has 1 aromatic rings. The molecule has 8 heteroatoms. The number of carbonyl (C=O) groups excluding carboxylic acids is 1. The van der Waals surface area contributed by atoms with Crippen molar-refractivity contribution < 1.29 is 23.1 Å². The fourth-order valence-corrected chi connectivity index (χ4v) is 2.73. The molecular formula is C12H14N2O5S. The number of benzene rings is 1. The zero-order valence-corrected chi connectivity index (χ0v) is 11.4. The van der Waals surface area contributed by atoms with E-state index in [1.54, 1.807) is 0 Å². The number of amides is 1. The van der Waals surface area contributed by atoms with Crippen LogP contribution in [0.5, 0.6) is 0 Å². The van der Waals surface area contributed by atoms with Crippen molar-refractivity contribution in [1.29, 1.82) is 0 Å². The van der Waals surface area contributed by atoms with Gasteiger partial charge in [-0.25, -0.2) is 13.6 Å². The van der Waals surface area contributed by atoms with Crippen LogP contribution in [0.15, 0.2) is 23.1 Å². The van der Waals surface area contributed by atoms with E-state index in [0.29, 0.717) is 18.7 Å². The Labute approximate surface area is 116 Å². The first-order valence-corrected chi connectivity index (χ1v) is 7.51. The van der Waals surface area contributed by atoms with Crippen LogP contribution in [0.25, 0.3) is 0 Å². The highest BCUT2D eigenvalue weighted by Gasteiger charge is 2.26. The Bertz CT molecular complexity index is 668. The number of anilines is 1. The maximum absolute atomic E-state index is 11.9. The van der Waals surface area contributed by atoms with Gasteiger partial charge in [0.15, 0.2) is 0 Å². The van der Waals surface area contributed by atoms with Crippen LogP contribution in [-0.2, 0) is 26.0 Å². The summed E-state index contributed by atoms with van der Waals surface area (Å²) in [4.78, 5) is 23.9. The zero-order chi connectivity index (χ0) is 14.9. The largest absolute Gasteiger partial charge is 0.481 e. The average Bonchev–Trinajstić information content (AvgIpc) is 2.77. The minimum absolute atomic E-state index is 0.0103. The van der Waals surface area contributed by atoms with Crippen LogP contribution in [0, 0.1) is 0 Å². The minimum Gasteiger partial charge on any atom is -0.481 e. The van der Waals surface area contributed by atoms with Crippen molar-refractivity contribution in [2.45, 2.75) is 24.2 Å². The SMILES string of the molecule is NS(=O)(=O)c1ccc2c(c1)CCN2C(=O)CCC(=O)O. The number of fused-ring (bicyclic) bond motifs is 1. The lowest BCUT2D eigenvalue weighted by Crippen LogP contribution is -2.29. The summed E-state index contributed by atoms with van der Waals surface area (Å²) in [6.45, 7) is 0.419. The second-order valence-electron chi connectivity index (χ2n) is 4.52. The lowest BCUT2D eigenvalue weighted by atomic mass is 10.2. The van der Waals surface area contributed by atoms with Crippen LogP contribution in [0.1, 0.15) is 18.4 Å². The number of hydrogen-bond acceptors (Lipinski definition) is 4. The third-order valence-electron chi connectivity index (χ3n) is 3.13. The molecule has 1 heterocycles. The summed E-state index contributed by atoms with van der Waals surface area (Å²) < 4.78 is 22.5. The van der Waals surface area contributed by atoms with Crippen molar-refractivity contribution in [3.8, 4) is 0 Å². The molecule has 0 atom stereocenters. The Balaban J connectivity index is 2.22. The van der Waals surface area contributed by atoms with Gasteiger partial charge in [0, 0.05) is 18.7 Å². The highest BCUT2D eigenvalue weighted by molar-refractivity contribution is 7.89. The molecule has 0 spiro atoms. The number of nitrogens with zero attached hydrogens (tertiary/aromatic N) is 1. The molecule has 0 unspecified atom stereocenters. The Morgan fingerprint density at radius 1 is 1.30 bits per heavy atom. The van der Waals surface area contributed by atoms with Gasteiger partial charge in [0.2, 0.25) is 15.9 Å². The normalized spacial score (nSPS) is 14.2. The summed E-state index contributed by atoms with van der Waals surface area (Å²) in [6, 6.07) is 4.33. The summed E-state index contributed by atoms with van der Waals surface area (Å²) in [6.07, 6.45) is 0.225. The van der Waals surface area contributed by atoms with E-state index in [9.17, 15) is 18.0 Å². The van der Waals surface area contributed by atoms with Crippen molar-refractivity contribution in [3.63, 3.8) is 0 Å². The zero-order valence-electron chi connectivity index (χ0n) is 10.6. The number of carboxylic acid groups (broad SMARTS) is 1. The second-order valence-corrected chi connectivity index (χ2v) is 6.09. The number of sulfonamides is 1. The fourth-order valence-electron chi connectivity index (χ4n) is 2.16.